The number of carbonyl (C=O) groups is 2. The van der Waals surface area contributed by atoms with Crippen LogP contribution in [-0.4, -0.2) is 59.4 Å². The van der Waals surface area contributed by atoms with Gasteiger partial charge in [0, 0.05) is 44.1 Å². The van der Waals surface area contributed by atoms with E-state index >= 15 is 0 Å². The van der Waals surface area contributed by atoms with E-state index in [1.807, 2.05) is 35.2 Å². The van der Waals surface area contributed by atoms with E-state index in [0.717, 1.165) is 5.75 Å². The minimum Gasteiger partial charge on any atom is -0.457 e. The van der Waals surface area contributed by atoms with E-state index in [4.69, 9.17) is 4.74 Å². The number of amides is 2. The molecule has 0 unspecified atom stereocenters. The van der Waals surface area contributed by atoms with Gasteiger partial charge in [-0.3, -0.25) is 9.59 Å². The van der Waals surface area contributed by atoms with Gasteiger partial charge in [-0.15, -0.1) is 0 Å². The van der Waals surface area contributed by atoms with Gasteiger partial charge in [-0.1, -0.05) is 18.2 Å². The highest BCUT2D eigenvalue weighted by Crippen LogP contribution is 2.21. The summed E-state index contributed by atoms with van der Waals surface area (Å²) in [7, 11) is 0. The van der Waals surface area contributed by atoms with Gasteiger partial charge < -0.3 is 19.9 Å². The Morgan fingerprint density at radius 3 is 2.16 bits per heavy atom. The van der Waals surface area contributed by atoms with Crippen LogP contribution < -0.4 is 15.0 Å². The molecule has 0 atom stereocenters. The molecular weight excluding hydrogens is 394 g/mol. The first-order valence-corrected chi connectivity index (χ1v) is 10.1. The molecule has 8 heteroatoms. The predicted octanol–water partition coefficient (Wildman–Crippen LogP) is 2.35. The standard InChI is InChI=1S/C23H23N5O3/c29-21(27-13-15-28(16-14-27)23-24-11-4-12-25-23)17-26-22(30)18-7-9-20(10-8-18)31-19-5-2-1-3-6-19/h1-12H,13-17H2,(H,26,30). The SMILES string of the molecule is O=C(NCC(=O)N1CCN(c2ncccn2)CC1)c1ccc(Oc2ccccc2)cc1. The Balaban J connectivity index is 1.23. The van der Waals surface area contributed by atoms with Crippen LogP contribution in [0.25, 0.3) is 0 Å². The lowest BCUT2D eigenvalue weighted by Crippen LogP contribution is -2.51. The van der Waals surface area contributed by atoms with Crippen LogP contribution >= 0.6 is 0 Å². The monoisotopic (exact) mass is 417 g/mol. The van der Waals surface area contributed by atoms with Crippen molar-refractivity contribution in [1.82, 2.24) is 20.2 Å². The van der Waals surface area contributed by atoms with Crippen LogP contribution in [0.4, 0.5) is 5.95 Å². The van der Waals surface area contributed by atoms with Crippen LogP contribution in [0.2, 0.25) is 0 Å². The number of ether oxygens (including phenoxy) is 1. The molecule has 31 heavy (non-hydrogen) atoms. The summed E-state index contributed by atoms with van der Waals surface area (Å²) >= 11 is 0. The number of hydrogen-bond acceptors (Lipinski definition) is 6. The van der Waals surface area contributed by atoms with E-state index in [0.29, 0.717) is 43.4 Å². The highest BCUT2D eigenvalue weighted by atomic mass is 16.5. The maximum atomic E-state index is 12.5. The Kier molecular flexibility index (Phi) is 6.37. The zero-order valence-electron chi connectivity index (χ0n) is 17.0. The number of nitrogens with one attached hydrogen (secondary N) is 1. The fourth-order valence-corrected chi connectivity index (χ4v) is 3.28. The maximum absolute atomic E-state index is 12.5. The van der Waals surface area contributed by atoms with E-state index in [1.54, 1.807) is 47.6 Å². The molecule has 1 aliphatic heterocycles. The molecule has 0 spiro atoms. The molecule has 158 valence electrons. The van der Waals surface area contributed by atoms with Gasteiger partial charge in [0.1, 0.15) is 11.5 Å². The number of aromatic nitrogens is 2. The van der Waals surface area contributed by atoms with Crippen molar-refractivity contribution >= 4 is 17.8 Å². The van der Waals surface area contributed by atoms with Gasteiger partial charge in [0.05, 0.1) is 6.54 Å². The van der Waals surface area contributed by atoms with Gasteiger partial charge in [0.15, 0.2) is 0 Å². The second kappa shape index (κ2) is 9.71. The summed E-state index contributed by atoms with van der Waals surface area (Å²) in [5, 5.41) is 2.70. The number of piperazine rings is 1. The number of hydrogen-bond donors (Lipinski definition) is 1. The number of para-hydroxylation sites is 1. The van der Waals surface area contributed by atoms with Gasteiger partial charge in [-0.25, -0.2) is 9.97 Å². The fourth-order valence-electron chi connectivity index (χ4n) is 3.28. The molecule has 2 aromatic carbocycles. The van der Waals surface area contributed by atoms with Crippen molar-refractivity contribution in [3.05, 3.63) is 78.6 Å². The smallest absolute Gasteiger partial charge is 0.251 e. The number of nitrogens with zero attached hydrogens (tertiary/aromatic N) is 4. The van der Waals surface area contributed by atoms with E-state index in [2.05, 4.69) is 15.3 Å². The molecule has 8 nitrogen and oxygen atoms in total. The Hall–Kier alpha value is -3.94. The largest absolute Gasteiger partial charge is 0.457 e. The third-order valence-electron chi connectivity index (χ3n) is 4.96. The normalized spacial score (nSPS) is 13.5. The summed E-state index contributed by atoms with van der Waals surface area (Å²) in [6.45, 7) is 2.42. The molecule has 0 aliphatic carbocycles. The molecule has 4 rings (SSSR count). The Morgan fingerprint density at radius 1 is 0.839 bits per heavy atom. The Bertz CT molecular complexity index is 1000. The Labute approximate surface area is 180 Å². The molecule has 3 aromatic rings. The zero-order valence-corrected chi connectivity index (χ0v) is 17.0. The van der Waals surface area contributed by atoms with Gasteiger partial charge in [-0.05, 0) is 42.5 Å². The number of anilines is 1. The van der Waals surface area contributed by atoms with Crippen molar-refractivity contribution in [2.45, 2.75) is 0 Å². The molecular formula is C23H23N5O3. The molecule has 2 amide bonds. The average Bonchev–Trinajstić information content (AvgIpc) is 2.84. The molecule has 0 bridgehead atoms. The summed E-state index contributed by atoms with van der Waals surface area (Å²) in [4.78, 5) is 37.1. The van der Waals surface area contributed by atoms with E-state index in [9.17, 15) is 9.59 Å². The molecule has 1 saturated heterocycles. The first-order chi connectivity index (χ1) is 15.2. The summed E-state index contributed by atoms with van der Waals surface area (Å²) in [5.41, 5.74) is 0.472. The minimum absolute atomic E-state index is 0.0388. The summed E-state index contributed by atoms with van der Waals surface area (Å²) in [6, 6.07) is 18.0. The van der Waals surface area contributed by atoms with Crippen LogP contribution in [0, 0.1) is 0 Å². The van der Waals surface area contributed by atoms with Crippen molar-refractivity contribution in [3.8, 4) is 11.5 Å². The van der Waals surface area contributed by atoms with Gasteiger partial charge >= 0.3 is 0 Å². The predicted molar refractivity (Wildman–Crippen MR) is 116 cm³/mol. The Morgan fingerprint density at radius 2 is 1.48 bits per heavy atom. The van der Waals surface area contributed by atoms with Gasteiger partial charge in [0.2, 0.25) is 11.9 Å². The fraction of sp³-hybridized carbons (Fsp3) is 0.217. The molecule has 1 aliphatic rings. The lowest BCUT2D eigenvalue weighted by molar-refractivity contribution is -0.130. The number of benzene rings is 2. The molecule has 0 radical (unpaired) electrons. The van der Waals surface area contributed by atoms with E-state index < -0.39 is 0 Å². The third-order valence-corrected chi connectivity index (χ3v) is 4.96. The first kappa shape index (κ1) is 20.3. The summed E-state index contributed by atoms with van der Waals surface area (Å²) in [6.07, 6.45) is 3.41. The summed E-state index contributed by atoms with van der Waals surface area (Å²) < 4.78 is 5.73. The first-order valence-electron chi connectivity index (χ1n) is 10.1. The van der Waals surface area contributed by atoms with E-state index in [1.165, 1.54) is 0 Å². The molecule has 1 N–H and O–H groups in total. The van der Waals surface area contributed by atoms with Gasteiger partial charge in [0.25, 0.3) is 5.91 Å². The van der Waals surface area contributed by atoms with Crippen LogP contribution in [0.3, 0.4) is 0 Å². The quantitative estimate of drug-likeness (QED) is 0.663. The van der Waals surface area contributed by atoms with Crippen molar-refractivity contribution in [2.75, 3.05) is 37.6 Å². The van der Waals surface area contributed by atoms with E-state index in [-0.39, 0.29) is 18.4 Å². The van der Waals surface area contributed by atoms with Crippen molar-refractivity contribution in [2.24, 2.45) is 0 Å². The van der Waals surface area contributed by atoms with Crippen LogP contribution in [-0.2, 0) is 4.79 Å². The second-order valence-electron chi connectivity index (χ2n) is 7.04. The second-order valence-corrected chi connectivity index (χ2v) is 7.04. The van der Waals surface area contributed by atoms with Crippen molar-refractivity contribution in [3.63, 3.8) is 0 Å². The van der Waals surface area contributed by atoms with Crippen molar-refractivity contribution in [1.29, 1.82) is 0 Å². The minimum atomic E-state index is -0.295. The third kappa shape index (κ3) is 5.36. The van der Waals surface area contributed by atoms with Crippen molar-refractivity contribution < 1.29 is 14.3 Å². The van der Waals surface area contributed by atoms with Crippen LogP contribution in [0.15, 0.2) is 73.1 Å². The lowest BCUT2D eigenvalue weighted by Gasteiger charge is -2.34. The summed E-state index contributed by atoms with van der Waals surface area (Å²) in [5.74, 6) is 1.63. The number of rotatable bonds is 6. The highest BCUT2D eigenvalue weighted by molar-refractivity contribution is 5.96. The molecule has 2 heterocycles. The van der Waals surface area contributed by atoms with Crippen LogP contribution in [0.1, 0.15) is 10.4 Å². The number of carbonyl (C=O) groups excluding carboxylic acids is 2. The molecule has 1 aromatic heterocycles. The zero-order chi connectivity index (χ0) is 21.5. The topological polar surface area (TPSA) is 87.7 Å². The maximum Gasteiger partial charge on any atom is 0.251 e. The van der Waals surface area contributed by atoms with Gasteiger partial charge in [-0.2, -0.15) is 0 Å². The lowest BCUT2D eigenvalue weighted by atomic mass is 10.2. The molecule has 1 fully saturated rings. The highest BCUT2D eigenvalue weighted by Gasteiger charge is 2.22. The average molecular weight is 417 g/mol. The van der Waals surface area contributed by atoms with Crippen LogP contribution in [0.5, 0.6) is 11.5 Å². The molecule has 0 saturated carbocycles.